The molecule has 0 amide bonds. The highest BCUT2D eigenvalue weighted by atomic mass is 16.5. The lowest BCUT2D eigenvalue weighted by molar-refractivity contribution is 0.0897. The molecule has 1 unspecified atom stereocenters. The Morgan fingerprint density at radius 3 is 2.73 bits per heavy atom. The van der Waals surface area contributed by atoms with Crippen LogP contribution in [0.5, 0.6) is 0 Å². The number of nitrogens with two attached hydrogens (primary N) is 1. The van der Waals surface area contributed by atoms with Crippen LogP contribution in [0.2, 0.25) is 0 Å². The zero-order chi connectivity index (χ0) is 11.1. The molecule has 84 valence electrons. The number of anilines is 1. The first-order chi connectivity index (χ1) is 7.24. The maximum Gasteiger partial charge on any atom is 0.0736 e. The van der Waals surface area contributed by atoms with Crippen molar-refractivity contribution in [2.75, 3.05) is 12.3 Å². The summed E-state index contributed by atoms with van der Waals surface area (Å²) < 4.78 is 5.63. The van der Waals surface area contributed by atoms with Gasteiger partial charge in [-0.2, -0.15) is 0 Å². The van der Waals surface area contributed by atoms with Crippen LogP contribution < -0.4 is 5.73 Å². The number of hydrogen-bond donors (Lipinski definition) is 1. The molecule has 1 aromatic rings. The molecule has 2 heteroatoms. The Morgan fingerprint density at radius 1 is 1.33 bits per heavy atom. The number of nitrogen functional groups attached to an aromatic ring is 1. The van der Waals surface area contributed by atoms with E-state index in [4.69, 9.17) is 10.5 Å². The topological polar surface area (TPSA) is 35.2 Å². The lowest BCUT2D eigenvalue weighted by atomic mass is 10.1. The van der Waals surface area contributed by atoms with Crippen LogP contribution in [0.25, 0.3) is 0 Å². The summed E-state index contributed by atoms with van der Waals surface area (Å²) in [6.07, 6.45) is 2.45. The monoisotopic (exact) mass is 207 g/mol. The second-order valence-electron chi connectivity index (χ2n) is 4.11. The molecule has 0 radical (unpaired) electrons. The van der Waals surface area contributed by atoms with Gasteiger partial charge >= 0.3 is 0 Å². The molecule has 2 N–H and O–H groups in total. The van der Waals surface area contributed by atoms with Crippen molar-refractivity contribution in [2.24, 2.45) is 5.92 Å². The van der Waals surface area contributed by atoms with Crippen LogP contribution >= 0.6 is 0 Å². The second kappa shape index (κ2) is 6.46. The molecule has 0 heterocycles. The zero-order valence-electron chi connectivity index (χ0n) is 9.70. The van der Waals surface area contributed by atoms with Gasteiger partial charge in [0.25, 0.3) is 0 Å². The minimum absolute atomic E-state index is 0.626. The average molecular weight is 207 g/mol. The SMILES string of the molecule is CCCC(C)COCc1ccccc1N. The first kappa shape index (κ1) is 12.1. The third kappa shape index (κ3) is 4.34. The fourth-order valence-corrected chi connectivity index (χ4v) is 1.61. The van der Waals surface area contributed by atoms with Gasteiger partial charge in [-0.25, -0.2) is 0 Å². The molecular weight excluding hydrogens is 186 g/mol. The molecule has 1 rings (SSSR count). The molecular formula is C13H21NO. The molecule has 0 aliphatic carbocycles. The first-order valence-corrected chi connectivity index (χ1v) is 5.65. The Balaban J connectivity index is 2.29. The van der Waals surface area contributed by atoms with Crippen molar-refractivity contribution in [3.63, 3.8) is 0 Å². The zero-order valence-corrected chi connectivity index (χ0v) is 9.70. The summed E-state index contributed by atoms with van der Waals surface area (Å²) in [6.45, 7) is 5.87. The van der Waals surface area contributed by atoms with Crippen LogP contribution in [0, 0.1) is 5.92 Å². The fourth-order valence-electron chi connectivity index (χ4n) is 1.61. The van der Waals surface area contributed by atoms with Crippen molar-refractivity contribution in [2.45, 2.75) is 33.3 Å². The van der Waals surface area contributed by atoms with Crippen molar-refractivity contribution >= 4 is 5.69 Å². The van der Waals surface area contributed by atoms with Gasteiger partial charge in [-0.15, -0.1) is 0 Å². The van der Waals surface area contributed by atoms with E-state index < -0.39 is 0 Å². The van der Waals surface area contributed by atoms with Gasteiger partial charge in [-0.05, 0) is 18.4 Å². The normalized spacial score (nSPS) is 12.7. The van der Waals surface area contributed by atoms with Crippen molar-refractivity contribution < 1.29 is 4.74 Å². The Hall–Kier alpha value is -1.02. The van der Waals surface area contributed by atoms with Gasteiger partial charge in [0.2, 0.25) is 0 Å². The molecule has 0 saturated carbocycles. The molecule has 0 aliphatic heterocycles. The van der Waals surface area contributed by atoms with E-state index in [0.29, 0.717) is 12.5 Å². The van der Waals surface area contributed by atoms with Crippen LogP contribution in [-0.4, -0.2) is 6.61 Å². The van der Waals surface area contributed by atoms with Gasteiger partial charge in [0, 0.05) is 17.9 Å². The molecule has 1 aromatic carbocycles. The minimum Gasteiger partial charge on any atom is -0.398 e. The van der Waals surface area contributed by atoms with Gasteiger partial charge in [0.15, 0.2) is 0 Å². The molecule has 0 spiro atoms. The smallest absolute Gasteiger partial charge is 0.0736 e. The van der Waals surface area contributed by atoms with Crippen LogP contribution in [0.3, 0.4) is 0 Å². The molecule has 0 aromatic heterocycles. The average Bonchev–Trinajstić information content (AvgIpc) is 2.21. The summed E-state index contributed by atoms with van der Waals surface area (Å²) in [5, 5.41) is 0. The van der Waals surface area contributed by atoms with Crippen molar-refractivity contribution in [3.05, 3.63) is 29.8 Å². The Labute approximate surface area is 92.4 Å². The van der Waals surface area contributed by atoms with E-state index in [1.165, 1.54) is 12.8 Å². The Kier molecular flexibility index (Phi) is 5.19. The van der Waals surface area contributed by atoms with E-state index in [-0.39, 0.29) is 0 Å². The third-order valence-corrected chi connectivity index (χ3v) is 2.50. The van der Waals surface area contributed by atoms with Crippen LogP contribution in [-0.2, 0) is 11.3 Å². The van der Waals surface area contributed by atoms with Gasteiger partial charge in [0.05, 0.1) is 6.61 Å². The summed E-state index contributed by atoms with van der Waals surface area (Å²) in [5.41, 5.74) is 7.72. The third-order valence-electron chi connectivity index (χ3n) is 2.50. The van der Waals surface area contributed by atoms with Gasteiger partial charge < -0.3 is 10.5 Å². The molecule has 0 saturated heterocycles. The molecule has 1 atom stereocenters. The summed E-state index contributed by atoms with van der Waals surface area (Å²) in [5.74, 6) is 0.639. The first-order valence-electron chi connectivity index (χ1n) is 5.65. The highest BCUT2D eigenvalue weighted by Crippen LogP contribution is 2.13. The highest BCUT2D eigenvalue weighted by Gasteiger charge is 2.02. The van der Waals surface area contributed by atoms with Gasteiger partial charge in [0.1, 0.15) is 0 Å². The molecule has 2 nitrogen and oxygen atoms in total. The summed E-state index contributed by atoms with van der Waals surface area (Å²) >= 11 is 0. The van der Waals surface area contributed by atoms with E-state index in [9.17, 15) is 0 Å². The number of para-hydroxylation sites is 1. The summed E-state index contributed by atoms with van der Waals surface area (Å²) in [6, 6.07) is 7.86. The van der Waals surface area contributed by atoms with Crippen molar-refractivity contribution in [1.82, 2.24) is 0 Å². The standard InChI is InChI=1S/C13H21NO/c1-3-6-11(2)9-15-10-12-7-4-5-8-13(12)14/h4-5,7-8,11H,3,6,9-10,14H2,1-2H3. The van der Waals surface area contributed by atoms with Crippen LogP contribution in [0.1, 0.15) is 32.3 Å². The van der Waals surface area contributed by atoms with E-state index in [1.54, 1.807) is 0 Å². The van der Waals surface area contributed by atoms with Crippen molar-refractivity contribution in [1.29, 1.82) is 0 Å². The molecule has 0 fully saturated rings. The quantitative estimate of drug-likeness (QED) is 0.727. The van der Waals surface area contributed by atoms with Gasteiger partial charge in [-0.1, -0.05) is 38.5 Å². The number of benzene rings is 1. The van der Waals surface area contributed by atoms with E-state index in [0.717, 1.165) is 17.9 Å². The summed E-state index contributed by atoms with van der Waals surface area (Å²) in [4.78, 5) is 0. The number of ether oxygens (including phenoxy) is 1. The van der Waals surface area contributed by atoms with Crippen LogP contribution in [0.4, 0.5) is 5.69 Å². The number of hydrogen-bond acceptors (Lipinski definition) is 2. The molecule has 0 aliphatic rings. The molecule has 0 bridgehead atoms. The fraction of sp³-hybridized carbons (Fsp3) is 0.538. The maximum atomic E-state index is 5.82. The lowest BCUT2D eigenvalue weighted by Gasteiger charge is -2.11. The number of rotatable bonds is 6. The second-order valence-corrected chi connectivity index (χ2v) is 4.11. The Bertz CT molecular complexity index is 286. The predicted octanol–water partition coefficient (Wildman–Crippen LogP) is 3.22. The maximum absolute atomic E-state index is 5.82. The minimum atomic E-state index is 0.626. The van der Waals surface area contributed by atoms with Crippen LogP contribution in [0.15, 0.2) is 24.3 Å². The lowest BCUT2D eigenvalue weighted by Crippen LogP contribution is -2.06. The largest absolute Gasteiger partial charge is 0.398 e. The predicted molar refractivity (Wildman–Crippen MR) is 64.6 cm³/mol. The highest BCUT2D eigenvalue weighted by molar-refractivity contribution is 5.45. The van der Waals surface area contributed by atoms with Gasteiger partial charge in [-0.3, -0.25) is 0 Å². The van der Waals surface area contributed by atoms with Crippen molar-refractivity contribution in [3.8, 4) is 0 Å². The van der Waals surface area contributed by atoms with E-state index in [2.05, 4.69) is 13.8 Å². The Morgan fingerprint density at radius 2 is 2.07 bits per heavy atom. The molecule has 15 heavy (non-hydrogen) atoms. The van der Waals surface area contributed by atoms with E-state index >= 15 is 0 Å². The van der Waals surface area contributed by atoms with E-state index in [1.807, 2.05) is 24.3 Å². The summed E-state index contributed by atoms with van der Waals surface area (Å²) in [7, 11) is 0.